The summed E-state index contributed by atoms with van der Waals surface area (Å²) in [7, 11) is 0. The molecule has 0 fully saturated rings. The Morgan fingerprint density at radius 3 is 2.39 bits per heavy atom. The number of aliphatic hydroxyl groups excluding tert-OH is 1. The number of aliphatic hydroxyl groups is 1. The summed E-state index contributed by atoms with van der Waals surface area (Å²) in [5.74, 6) is -1.61. The minimum absolute atomic E-state index is 0.158. The maximum atomic E-state index is 13.0. The van der Waals surface area contributed by atoms with Crippen molar-refractivity contribution < 1.29 is 18.6 Å². The molecule has 1 aromatic rings. The highest BCUT2D eigenvalue weighted by Crippen LogP contribution is 2.17. The Morgan fingerprint density at radius 1 is 1.22 bits per heavy atom. The third-order valence-electron chi connectivity index (χ3n) is 2.82. The van der Waals surface area contributed by atoms with Gasteiger partial charge in [-0.2, -0.15) is 0 Å². The van der Waals surface area contributed by atoms with Gasteiger partial charge in [0.05, 0.1) is 12.2 Å². The van der Waals surface area contributed by atoms with Gasteiger partial charge in [-0.25, -0.2) is 8.78 Å². The third-order valence-corrected chi connectivity index (χ3v) is 2.82. The van der Waals surface area contributed by atoms with Crippen LogP contribution in [0.2, 0.25) is 0 Å². The molecule has 0 heterocycles. The monoisotopic (exact) mass is 258 g/mol. The van der Waals surface area contributed by atoms with Crippen molar-refractivity contribution in [1.82, 2.24) is 0 Å². The number of benzene rings is 1. The lowest BCUT2D eigenvalue weighted by molar-refractivity contribution is -0.0562. The van der Waals surface area contributed by atoms with Crippen LogP contribution >= 0.6 is 0 Å². The van der Waals surface area contributed by atoms with Crippen LogP contribution in [0.3, 0.4) is 0 Å². The summed E-state index contributed by atoms with van der Waals surface area (Å²) in [6.45, 7) is 6.28. The molecule has 0 radical (unpaired) electrons. The molecule has 0 bridgehead atoms. The standard InChI is InChI=1S/C14H20F2O2/c1-4-18-14(9(2)3)13(17)8-10-5-6-11(15)12(16)7-10/h5-7,9,13-14,17H,4,8H2,1-3H3. The molecular weight excluding hydrogens is 238 g/mol. The number of hydrogen-bond acceptors (Lipinski definition) is 2. The summed E-state index contributed by atoms with van der Waals surface area (Å²) in [6.07, 6.45) is -0.780. The van der Waals surface area contributed by atoms with Gasteiger partial charge in [0.1, 0.15) is 0 Å². The van der Waals surface area contributed by atoms with Crippen molar-refractivity contribution in [3.05, 3.63) is 35.4 Å². The van der Waals surface area contributed by atoms with Gasteiger partial charge in [0.2, 0.25) is 0 Å². The maximum Gasteiger partial charge on any atom is 0.159 e. The third kappa shape index (κ3) is 4.03. The highest BCUT2D eigenvalue weighted by Gasteiger charge is 2.23. The van der Waals surface area contributed by atoms with Gasteiger partial charge in [-0.15, -0.1) is 0 Å². The van der Waals surface area contributed by atoms with Crippen LogP contribution < -0.4 is 0 Å². The molecule has 1 rings (SSSR count). The number of rotatable bonds is 6. The fourth-order valence-corrected chi connectivity index (χ4v) is 1.96. The van der Waals surface area contributed by atoms with E-state index in [1.165, 1.54) is 6.07 Å². The number of ether oxygens (including phenoxy) is 1. The van der Waals surface area contributed by atoms with Crippen molar-refractivity contribution in [1.29, 1.82) is 0 Å². The van der Waals surface area contributed by atoms with Crippen molar-refractivity contribution in [2.24, 2.45) is 5.92 Å². The fourth-order valence-electron chi connectivity index (χ4n) is 1.96. The summed E-state index contributed by atoms with van der Waals surface area (Å²) >= 11 is 0. The van der Waals surface area contributed by atoms with Crippen LogP contribution in [0.25, 0.3) is 0 Å². The van der Waals surface area contributed by atoms with Crippen molar-refractivity contribution in [3.63, 3.8) is 0 Å². The molecule has 2 nitrogen and oxygen atoms in total. The van der Waals surface area contributed by atoms with Gasteiger partial charge in [-0.3, -0.25) is 0 Å². The Balaban J connectivity index is 2.72. The van der Waals surface area contributed by atoms with Crippen molar-refractivity contribution >= 4 is 0 Å². The van der Waals surface area contributed by atoms with E-state index in [9.17, 15) is 13.9 Å². The van der Waals surface area contributed by atoms with Crippen molar-refractivity contribution in [2.75, 3.05) is 6.61 Å². The summed E-state index contributed by atoms with van der Waals surface area (Å²) in [6, 6.07) is 3.66. The van der Waals surface area contributed by atoms with E-state index in [1.54, 1.807) is 0 Å². The van der Waals surface area contributed by atoms with Gasteiger partial charge in [-0.1, -0.05) is 19.9 Å². The summed E-state index contributed by atoms with van der Waals surface area (Å²) in [5.41, 5.74) is 0.562. The SMILES string of the molecule is CCOC(C(C)C)C(O)Cc1ccc(F)c(F)c1. The first-order valence-corrected chi connectivity index (χ1v) is 6.19. The Labute approximate surface area is 107 Å². The predicted octanol–water partition coefficient (Wildman–Crippen LogP) is 2.93. The second-order valence-electron chi connectivity index (χ2n) is 4.68. The van der Waals surface area contributed by atoms with Crippen LogP contribution in [0.5, 0.6) is 0 Å². The van der Waals surface area contributed by atoms with Crippen LogP contribution in [-0.4, -0.2) is 23.9 Å². The fraction of sp³-hybridized carbons (Fsp3) is 0.571. The lowest BCUT2D eigenvalue weighted by Crippen LogP contribution is -2.35. The van der Waals surface area contributed by atoms with E-state index in [2.05, 4.69) is 0 Å². The first-order valence-electron chi connectivity index (χ1n) is 6.19. The van der Waals surface area contributed by atoms with Crippen LogP contribution in [0, 0.1) is 17.6 Å². The van der Waals surface area contributed by atoms with E-state index in [4.69, 9.17) is 4.74 Å². The molecule has 0 aliphatic rings. The molecule has 0 saturated carbocycles. The van der Waals surface area contributed by atoms with Crippen LogP contribution in [0.15, 0.2) is 18.2 Å². The van der Waals surface area contributed by atoms with Crippen LogP contribution in [0.4, 0.5) is 8.78 Å². The zero-order valence-corrected chi connectivity index (χ0v) is 11.0. The van der Waals surface area contributed by atoms with Crippen molar-refractivity contribution in [2.45, 2.75) is 39.4 Å². The van der Waals surface area contributed by atoms with Gasteiger partial charge < -0.3 is 9.84 Å². The van der Waals surface area contributed by atoms with Crippen LogP contribution in [0.1, 0.15) is 26.3 Å². The highest BCUT2D eigenvalue weighted by atomic mass is 19.2. The van der Waals surface area contributed by atoms with E-state index in [0.29, 0.717) is 12.2 Å². The average Bonchev–Trinajstić information content (AvgIpc) is 2.30. The molecule has 1 N–H and O–H groups in total. The maximum absolute atomic E-state index is 13.0. The lowest BCUT2D eigenvalue weighted by Gasteiger charge is -2.26. The second-order valence-corrected chi connectivity index (χ2v) is 4.68. The molecule has 1 aromatic carbocycles. The molecule has 2 atom stereocenters. The normalized spacial score (nSPS) is 14.8. The van der Waals surface area contributed by atoms with Gasteiger partial charge in [0.25, 0.3) is 0 Å². The summed E-state index contributed by atoms with van der Waals surface area (Å²) in [5, 5.41) is 10.1. The summed E-state index contributed by atoms with van der Waals surface area (Å²) in [4.78, 5) is 0. The molecule has 0 spiro atoms. The Morgan fingerprint density at radius 2 is 1.89 bits per heavy atom. The molecule has 0 aliphatic heterocycles. The Bertz CT molecular complexity index is 380. The molecule has 0 aromatic heterocycles. The molecule has 0 aliphatic carbocycles. The van der Waals surface area contributed by atoms with E-state index in [0.717, 1.165) is 12.1 Å². The minimum Gasteiger partial charge on any atom is -0.390 e. The molecular formula is C14H20F2O2. The molecule has 18 heavy (non-hydrogen) atoms. The number of hydrogen-bond donors (Lipinski definition) is 1. The van der Waals surface area contributed by atoms with Crippen molar-refractivity contribution in [3.8, 4) is 0 Å². The molecule has 4 heteroatoms. The second kappa shape index (κ2) is 6.81. The molecule has 2 unspecified atom stereocenters. The average molecular weight is 258 g/mol. The van der Waals surface area contributed by atoms with E-state index in [-0.39, 0.29) is 18.4 Å². The van der Waals surface area contributed by atoms with Crippen LogP contribution in [-0.2, 0) is 11.2 Å². The Hall–Kier alpha value is -1.00. The lowest BCUT2D eigenvalue weighted by atomic mass is 9.96. The van der Waals surface area contributed by atoms with E-state index >= 15 is 0 Å². The molecule has 102 valence electrons. The predicted molar refractivity (Wildman–Crippen MR) is 66.3 cm³/mol. The largest absolute Gasteiger partial charge is 0.390 e. The van der Waals surface area contributed by atoms with Gasteiger partial charge in [0, 0.05) is 13.0 Å². The molecule has 0 saturated heterocycles. The Kier molecular flexibility index (Phi) is 5.69. The zero-order chi connectivity index (χ0) is 13.7. The van der Waals surface area contributed by atoms with Gasteiger partial charge in [-0.05, 0) is 30.5 Å². The van der Waals surface area contributed by atoms with E-state index < -0.39 is 17.7 Å². The quantitative estimate of drug-likeness (QED) is 0.850. The van der Waals surface area contributed by atoms with Gasteiger partial charge >= 0.3 is 0 Å². The zero-order valence-electron chi connectivity index (χ0n) is 11.0. The smallest absolute Gasteiger partial charge is 0.159 e. The first kappa shape index (κ1) is 15.1. The first-order chi connectivity index (χ1) is 8.45. The van der Waals surface area contributed by atoms with Gasteiger partial charge in [0.15, 0.2) is 11.6 Å². The number of halogens is 2. The minimum atomic E-state index is -0.891. The topological polar surface area (TPSA) is 29.5 Å². The van der Waals surface area contributed by atoms with E-state index in [1.807, 2.05) is 20.8 Å². The summed E-state index contributed by atoms with van der Waals surface area (Å²) < 4.78 is 31.3. The highest BCUT2D eigenvalue weighted by molar-refractivity contribution is 5.18. The molecule has 0 amide bonds.